The predicted molar refractivity (Wildman–Crippen MR) is 137 cm³/mol. The largest absolute Gasteiger partial charge is 0.490 e. The average Bonchev–Trinajstić information content (AvgIpc) is 2.88. The molecule has 0 saturated carbocycles. The summed E-state index contributed by atoms with van der Waals surface area (Å²) >= 11 is 0. The van der Waals surface area contributed by atoms with Crippen LogP contribution in [0.1, 0.15) is 31.7 Å². The first-order chi connectivity index (χ1) is 16.6. The maximum Gasteiger partial charge on any atom is 0.130 e. The van der Waals surface area contributed by atoms with Gasteiger partial charge < -0.3 is 23.8 Å². The van der Waals surface area contributed by atoms with Crippen LogP contribution in [0, 0.1) is 11.3 Å². The Bertz CT molecular complexity index is 1020. The lowest BCUT2D eigenvalue weighted by atomic mass is 9.97. The summed E-state index contributed by atoms with van der Waals surface area (Å²) in [5, 5.41) is 12.1. The number of ether oxygens (including phenoxy) is 4. The molecule has 1 fully saturated rings. The maximum atomic E-state index is 9.75. The molecule has 0 unspecified atom stereocenters. The van der Waals surface area contributed by atoms with Gasteiger partial charge in [-0.05, 0) is 66.3 Å². The molecule has 0 spiro atoms. The number of allylic oxidation sites excluding steroid dienone is 2. The summed E-state index contributed by atoms with van der Waals surface area (Å²) in [6, 6.07) is 15.2. The Morgan fingerprint density at radius 1 is 0.912 bits per heavy atom. The van der Waals surface area contributed by atoms with E-state index in [-0.39, 0.29) is 0 Å². The summed E-state index contributed by atoms with van der Waals surface area (Å²) < 4.78 is 21.4. The molecule has 182 valence electrons. The van der Waals surface area contributed by atoms with Gasteiger partial charge in [0.1, 0.15) is 18.4 Å². The quantitative estimate of drug-likeness (QED) is 0.173. The van der Waals surface area contributed by atoms with Gasteiger partial charge in [0.05, 0.1) is 38.6 Å². The highest BCUT2D eigenvalue weighted by Crippen LogP contribution is 2.29. The van der Waals surface area contributed by atoms with Crippen LogP contribution in [0.2, 0.25) is 0 Å². The number of nitriles is 1. The Morgan fingerprint density at radius 2 is 1.56 bits per heavy atom. The van der Waals surface area contributed by atoms with Gasteiger partial charge >= 0.3 is 0 Å². The van der Waals surface area contributed by atoms with E-state index in [0.717, 1.165) is 29.6 Å². The Balaban J connectivity index is 1.57. The molecular weight excluding hydrogens is 428 g/mol. The number of fused-ring (bicyclic) bond motifs is 1. The number of rotatable bonds is 13. The van der Waals surface area contributed by atoms with Crippen LogP contribution in [0.3, 0.4) is 0 Å². The van der Waals surface area contributed by atoms with Crippen molar-refractivity contribution in [3.63, 3.8) is 0 Å². The lowest BCUT2D eigenvalue weighted by Gasteiger charge is -2.29. The zero-order valence-electron chi connectivity index (χ0n) is 20.5. The third-order valence-electron chi connectivity index (χ3n) is 6.05. The summed E-state index contributed by atoms with van der Waals surface area (Å²) in [5.41, 5.74) is 3.58. The highest BCUT2D eigenvalue weighted by molar-refractivity contribution is 5.89. The lowest BCUT2D eigenvalue weighted by molar-refractivity contribution is 0.0128. The molecule has 1 aliphatic rings. The van der Waals surface area contributed by atoms with E-state index in [9.17, 15) is 5.26 Å². The van der Waals surface area contributed by atoms with E-state index in [0.29, 0.717) is 51.0 Å². The number of piperidine rings is 1. The van der Waals surface area contributed by atoms with Crippen LogP contribution in [-0.2, 0) is 18.9 Å². The van der Waals surface area contributed by atoms with Gasteiger partial charge in [-0.25, -0.2) is 0 Å². The predicted octanol–water partition coefficient (Wildman–Crippen LogP) is 5.34. The van der Waals surface area contributed by atoms with Gasteiger partial charge in [0.2, 0.25) is 0 Å². The average molecular weight is 465 g/mol. The normalized spacial score (nSPS) is 14.6. The second kappa shape index (κ2) is 13.8. The van der Waals surface area contributed by atoms with Gasteiger partial charge in [-0.3, -0.25) is 0 Å². The Kier molecular flexibility index (Phi) is 10.4. The summed E-state index contributed by atoms with van der Waals surface area (Å²) in [6.45, 7) is 11.0. The zero-order chi connectivity index (χ0) is 24.2. The Morgan fingerprint density at radius 3 is 2.26 bits per heavy atom. The Hall–Kier alpha value is -2.85. The summed E-state index contributed by atoms with van der Waals surface area (Å²) in [7, 11) is 1.64. The van der Waals surface area contributed by atoms with Crippen molar-refractivity contribution >= 4 is 22.0 Å². The van der Waals surface area contributed by atoms with Crippen molar-refractivity contribution < 1.29 is 18.9 Å². The van der Waals surface area contributed by atoms with Gasteiger partial charge in [-0.15, -0.1) is 0 Å². The fourth-order valence-corrected chi connectivity index (χ4v) is 4.08. The molecule has 2 aromatic carbocycles. The first-order valence-corrected chi connectivity index (χ1v) is 12.0. The minimum Gasteiger partial charge on any atom is -0.490 e. The fraction of sp³-hybridized carbons (Fsp3) is 0.464. The van der Waals surface area contributed by atoms with Crippen LogP contribution >= 0.6 is 0 Å². The van der Waals surface area contributed by atoms with E-state index in [1.54, 1.807) is 7.11 Å². The van der Waals surface area contributed by atoms with Crippen LogP contribution in [0.5, 0.6) is 0 Å². The first kappa shape index (κ1) is 25.8. The number of benzene rings is 2. The van der Waals surface area contributed by atoms with E-state index in [4.69, 9.17) is 18.9 Å². The standard InChI is InChI=1S/C28H36N2O4/c1-22(28(21-29)23(2)34-18-17-33-16-15-32-14-13-31-3)24-7-8-26-20-27(10-9-25(26)19-24)30-11-5-4-6-12-30/h7-10,19-20H,2,4-6,11-18H2,1,3H3/b28-22+. The van der Waals surface area contributed by atoms with Crippen LogP contribution in [0.25, 0.3) is 16.3 Å². The fourth-order valence-electron chi connectivity index (χ4n) is 4.08. The lowest BCUT2D eigenvalue weighted by Crippen LogP contribution is -2.29. The van der Waals surface area contributed by atoms with Crippen molar-refractivity contribution in [1.29, 1.82) is 5.26 Å². The van der Waals surface area contributed by atoms with E-state index in [1.807, 2.05) is 6.92 Å². The highest BCUT2D eigenvalue weighted by Gasteiger charge is 2.13. The van der Waals surface area contributed by atoms with E-state index in [1.165, 1.54) is 30.3 Å². The second-order valence-electron chi connectivity index (χ2n) is 8.39. The highest BCUT2D eigenvalue weighted by atomic mass is 16.6. The van der Waals surface area contributed by atoms with Crippen molar-refractivity contribution in [3.8, 4) is 6.07 Å². The minimum absolute atomic E-state index is 0.326. The monoisotopic (exact) mass is 464 g/mol. The topological polar surface area (TPSA) is 64.0 Å². The zero-order valence-corrected chi connectivity index (χ0v) is 20.5. The summed E-state index contributed by atoms with van der Waals surface area (Å²) in [4.78, 5) is 2.47. The van der Waals surface area contributed by atoms with Crippen molar-refractivity contribution in [1.82, 2.24) is 0 Å². The summed E-state index contributed by atoms with van der Waals surface area (Å²) in [6.07, 6.45) is 3.85. The Labute approximate surface area is 203 Å². The molecule has 0 N–H and O–H groups in total. The van der Waals surface area contributed by atoms with Crippen molar-refractivity contribution in [2.75, 3.05) is 64.7 Å². The van der Waals surface area contributed by atoms with Gasteiger partial charge in [0, 0.05) is 25.9 Å². The molecule has 0 atom stereocenters. The molecule has 1 aliphatic heterocycles. The molecule has 0 radical (unpaired) electrons. The molecule has 0 bridgehead atoms. The number of nitrogens with zero attached hydrogens (tertiary/aromatic N) is 2. The second-order valence-corrected chi connectivity index (χ2v) is 8.39. The van der Waals surface area contributed by atoms with Gasteiger partial charge in [0.15, 0.2) is 0 Å². The number of hydrogen-bond donors (Lipinski definition) is 0. The van der Waals surface area contributed by atoms with E-state index < -0.39 is 0 Å². The third kappa shape index (κ3) is 7.33. The van der Waals surface area contributed by atoms with Gasteiger partial charge in [0.25, 0.3) is 0 Å². The first-order valence-electron chi connectivity index (χ1n) is 12.0. The molecule has 1 heterocycles. The van der Waals surface area contributed by atoms with Gasteiger partial charge in [-0.1, -0.05) is 24.8 Å². The maximum absolute atomic E-state index is 9.75. The molecule has 3 rings (SSSR count). The third-order valence-corrected chi connectivity index (χ3v) is 6.05. The van der Waals surface area contributed by atoms with Crippen LogP contribution in [0.4, 0.5) is 5.69 Å². The molecular formula is C28H36N2O4. The number of anilines is 1. The molecule has 6 nitrogen and oxygen atoms in total. The van der Waals surface area contributed by atoms with E-state index in [2.05, 4.69) is 53.9 Å². The van der Waals surface area contributed by atoms with Crippen molar-refractivity contribution in [2.45, 2.75) is 26.2 Å². The van der Waals surface area contributed by atoms with Crippen molar-refractivity contribution in [3.05, 3.63) is 59.9 Å². The number of methoxy groups -OCH3 is 1. The van der Waals surface area contributed by atoms with Crippen molar-refractivity contribution in [2.24, 2.45) is 0 Å². The molecule has 1 saturated heterocycles. The molecule has 0 aromatic heterocycles. The molecule has 0 aliphatic carbocycles. The SMILES string of the molecule is C=C(OCCOCCOCCOC)/C(C#N)=C(\C)c1ccc2cc(N3CCCCC3)ccc2c1. The molecule has 34 heavy (non-hydrogen) atoms. The molecule has 2 aromatic rings. The van der Waals surface area contributed by atoms with Crippen LogP contribution in [-0.4, -0.2) is 59.8 Å². The molecule has 6 heteroatoms. The van der Waals surface area contributed by atoms with E-state index >= 15 is 0 Å². The number of hydrogen-bond acceptors (Lipinski definition) is 6. The minimum atomic E-state index is 0.326. The van der Waals surface area contributed by atoms with Crippen LogP contribution in [0.15, 0.2) is 54.3 Å². The van der Waals surface area contributed by atoms with Crippen LogP contribution < -0.4 is 4.90 Å². The smallest absolute Gasteiger partial charge is 0.130 e. The van der Waals surface area contributed by atoms with Gasteiger partial charge in [-0.2, -0.15) is 5.26 Å². The summed E-state index contributed by atoms with van der Waals surface area (Å²) in [5.74, 6) is 0.362. The molecule has 0 amide bonds.